The van der Waals surface area contributed by atoms with E-state index in [1.807, 2.05) is 6.07 Å². The number of thioether (sulfide) groups is 1. The highest BCUT2D eigenvalue weighted by Gasteiger charge is 2.51. The van der Waals surface area contributed by atoms with Crippen LogP contribution in [0.25, 0.3) is 11.4 Å². The van der Waals surface area contributed by atoms with E-state index in [2.05, 4.69) is 40.5 Å². The predicted molar refractivity (Wildman–Crippen MR) is 113 cm³/mol. The van der Waals surface area contributed by atoms with E-state index in [1.54, 1.807) is 12.1 Å². The summed E-state index contributed by atoms with van der Waals surface area (Å²) in [6.45, 7) is 2.25. The molecule has 1 aromatic heterocycles. The molecule has 2 aromatic rings. The van der Waals surface area contributed by atoms with Crippen LogP contribution in [0.4, 0.5) is 0 Å². The van der Waals surface area contributed by atoms with Crippen molar-refractivity contribution in [3.05, 3.63) is 29.0 Å². The Labute approximate surface area is 170 Å². The van der Waals surface area contributed by atoms with Gasteiger partial charge < -0.3 is 9.67 Å². The second kappa shape index (κ2) is 7.32. The standard InChI is InChI=1S/C21H28ClN3OS/c1-3-27-13-12-20-6-9-21(10-7-20,11-8-20)19-24-23-18(25(19)2)16-5-4-15(26)14-17(16)22/h4-5,14,26H,3,6-13H2,1-2H3. The quantitative estimate of drug-likeness (QED) is 0.637. The topological polar surface area (TPSA) is 50.9 Å². The van der Waals surface area contributed by atoms with Crippen molar-refractivity contribution in [2.75, 3.05) is 11.5 Å². The molecule has 3 saturated carbocycles. The number of benzene rings is 1. The summed E-state index contributed by atoms with van der Waals surface area (Å²) in [6.07, 6.45) is 8.99. The number of phenols is 1. The lowest BCUT2D eigenvalue weighted by Gasteiger charge is -2.53. The van der Waals surface area contributed by atoms with Crippen molar-refractivity contribution in [2.24, 2.45) is 12.5 Å². The van der Waals surface area contributed by atoms with E-state index in [0.717, 1.165) is 17.2 Å². The highest BCUT2D eigenvalue weighted by atomic mass is 35.5. The van der Waals surface area contributed by atoms with Crippen LogP contribution in [0, 0.1) is 5.41 Å². The van der Waals surface area contributed by atoms with Crippen molar-refractivity contribution in [3.63, 3.8) is 0 Å². The first-order valence-electron chi connectivity index (χ1n) is 9.95. The van der Waals surface area contributed by atoms with Gasteiger partial charge in [-0.05, 0) is 80.1 Å². The number of aromatic nitrogens is 3. The van der Waals surface area contributed by atoms with Crippen molar-refractivity contribution in [2.45, 2.75) is 57.3 Å². The Bertz CT molecular complexity index is 810. The molecule has 5 rings (SSSR count). The second-order valence-electron chi connectivity index (χ2n) is 8.30. The van der Waals surface area contributed by atoms with Gasteiger partial charge in [0.2, 0.25) is 0 Å². The largest absolute Gasteiger partial charge is 0.508 e. The van der Waals surface area contributed by atoms with Crippen LogP contribution < -0.4 is 0 Å². The van der Waals surface area contributed by atoms with E-state index >= 15 is 0 Å². The number of rotatable bonds is 6. The van der Waals surface area contributed by atoms with E-state index in [9.17, 15) is 5.11 Å². The molecule has 27 heavy (non-hydrogen) atoms. The zero-order chi connectivity index (χ0) is 19.1. The number of hydrogen-bond donors (Lipinski definition) is 1. The summed E-state index contributed by atoms with van der Waals surface area (Å²) in [6, 6.07) is 5.03. The first kappa shape index (κ1) is 19.1. The van der Waals surface area contributed by atoms with Crippen LogP contribution in [-0.2, 0) is 12.5 Å². The van der Waals surface area contributed by atoms with E-state index in [0.29, 0.717) is 10.4 Å². The second-order valence-corrected chi connectivity index (χ2v) is 10.1. The third-order valence-electron chi connectivity index (χ3n) is 6.93. The Kier molecular flexibility index (Phi) is 5.19. The summed E-state index contributed by atoms with van der Waals surface area (Å²) in [7, 11) is 2.05. The van der Waals surface area contributed by atoms with Gasteiger partial charge >= 0.3 is 0 Å². The van der Waals surface area contributed by atoms with Crippen molar-refractivity contribution < 1.29 is 5.11 Å². The molecule has 0 radical (unpaired) electrons. The molecule has 6 heteroatoms. The maximum absolute atomic E-state index is 9.62. The number of nitrogens with zero attached hydrogens (tertiary/aromatic N) is 3. The zero-order valence-corrected chi connectivity index (χ0v) is 17.7. The summed E-state index contributed by atoms with van der Waals surface area (Å²) in [4.78, 5) is 0. The molecule has 0 unspecified atom stereocenters. The average molecular weight is 406 g/mol. The fraction of sp³-hybridized carbons (Fsp3) is 0.619. The van der Waals surface area contributed by atoms with Gasteiger partial charge in [0.25, 0.3) is 0 Å². The van der Waals surface area contributed by atoms with Gasteiger partial charge in [0, 0.05) is 18.0 Å². The van der Waals surface area contributed by atoms with Gasteiger partial charge in [0.15, 0.2) is 5.82 Å². The fourth-order valence-electron chi connectivity index (χ4n) is 5.12. The molecule has 0 amide bonds. The highest BCUT2D eigenvalue weighted by molar-refractivity contribution is 7.99. The Morgan fingerprint density at radius 3 is 2.48 bits per heavy atom. The third kappa shape index (κ3) is 3.38. The Hall–Kier alpha value is -1.20. The van der Waals surface area contributed by atoms with Crippen LogP contribution in [0.15, 0.2) is 18.2 Å². The number of fused-ring (bicyclic) bond motifs is 3. The zero-order valence-electron chi connectivity index (χ0n) is 16.2. The Morgan fingerprint density at radius 2 is 1.85 bits per heavy atom. The molecule has 1 heterocycles. The number of halogens is 1. The maximum Gasteiger partial charge on any atom is 0.165 e. The van der Waals surface area contributed by atoms with Crippen LogP contribution in [0.2, 0.25) is 5.02 Å². The first-order valence-corrected chi connectivity index (χ1v) is 11.5. The Morgan fingerprint density at radius 1 is 1.15 bits per heavy atom. The fourth-order valence-corrected chi connectivity index (χ4v) is 6.24. The first-order chi connectivity index (χ1) is 13.0. The lowest BCUT2D eigenvalue weighted by atomic mass is 9.52. The molecular weight excluding hydrogens is 378 g/mol. The summed E-state index contributed by atoms with van der Waals surface area (Å²) in [5.74, 6) is 4.59. The lowest BCUT2D eigenvalue weighted by Crippen LogP contribution is -2.45. The summed E-state index contributed by atoms with van der Waals surface area (Å²) < 4.78 is 2.13. The van der Waals surface area contributed by atoms with Crippen LogP contribution >= 0.6 is 23.4 Å². The van der Waals surface area contributed by atoms with E-state index < -0.39 is 0 Å². The molecule has 2 bridgehead atoms. The van der Waals surface area contributed by atoms with Crippen LogP contribution in [-0.4, -0.2) is 31.4 Å². The minimum atomic E-state index is 0.168. The molecular formula is C21H28ClN3OS. The van der Waals surface area contributed by atoms with Gasteiger partial charge in [-0.3, -0.25) is 0 Å². The summed E-state index contributed by atoms with van der Waals surface area (Å²) in [5.41, 5.74) is 1.57. The van der Waals surface area contributed by atoms with Gasteiger partial charge in [-0.2, -0.15) is 11.8 Å². The van der Waals surface area contributed by atoms with E-state index in [4.69, 9.17) is 11.6 Å². The van der Waals surface area contributed by atoms with Crippen molar-refractivity contribution in [1.82, 2.24) is 14.8 Å². The normalized spacial score (nSPS) is 27.2. The SMILES string of the molecule is CCSCCC12CCC(c3nnc(-c4ccc(O)cc4Cl)n3C)(CC1)CC2. The van der Waals surface area contributed by atoms with Gasteiger partial charge in [-0.1, -0.05) is 18.5 Å². The molecule has 0 spiro atoms. The molecule has 0 aliphatic heterocycles. The minimum absolute atomic E-state index is 0.168. The van der Waals surface area contributed by atoms with Gasteiger partial charge in [0.05, 0.1) is 5.02 Å². The monoisotopic (exact) mass is 405 g/mol. The van der Waals surface area contributed by atoms with Gasteiger partial charge in [-0.25, -0.2) is 0 Å². The maximum atomic E-state index is 9.62. The summed E-state index contributed by atoms with van der Waals surface area (Å²) in [5, 5.41) is 19.2. The summed E-state index contributed by atoms with van der Waals surface area (Å²) >= 11 is 8.42. The number of hydrogen-bond acceptors (Lipinski definition) is 4. The molecule has 1 N–H and O–H groups in total. The van der Waals surface area contributed by atoms with E-state index in [1.165, 1.54) is 56.5 Å². The molecule has 146 valence electrons. The molecule has 3 fully saturated rings. The smallest absolute Gasteiger partial charge is 0.165 e. The van der Waals surface area contributed by atoms with Crippen LogP contribution in [0.1, 0.15) is 57.7 Å². The molecule has 4 nitrogen and oxygen atoms in total. The number of aromatic hydroxyl groups is 1. The molecule has 3 aliphatic rings. The highest BCUT2D eigenvalue weighted by Crippen LogP contribution is 2.59. The van der Waals surface area contributed by atoms with Crippen LogP contribution in [0.5, 0.6) is 5.75 Å². The number of phenolic OH excluding ortho intramolecular Hbond substituents is 1. The average Bonchev–Trinajstić information content (AvgIpc) is 3.05. The third-order valence-corrected chi connectivity index (χ3v) is 8.14. The Balaban J connectivity index is 1.57. The predicted octanol–water partition coefficient (Wildman–Crippen LogP) is 5.58. The molecule has 3 aliphatic carbocycles. The van der Waals surface area contributed by atoms with Crippen molar-refractivity contribution >= 4 is 23.4 Å². The molecule has 1 aromatic carbocycles. The molecule has 0 saturated heterocycles. The van der Waals surface area contributed by atoms with Gasteiger partial charge in [-0.15, -0.1) is 10.2 Å². The van der Waals surface area contributed by atoms with E-state index in [-0.39, 0.29) is 11.2 Å². The molecule has 0 atom stereocenters. The minimum Gasteiger partial charge on any atom is -0.508 e. The lowest BCUT2D eigenvalue weighted by molar-refractivity contribution is 0.0317. The van der Waals surface area contributed by atoms with Gasteiger partial charge in [0.1, 0.15) is 11.6 Å². The van der Waals surface area contributed by atoms with Crippen LogP contribution in [0.3, 0.4) is 0 Å². The van der Waals surface area contributed by atoms with Crippen molar-refractivity contribution in [3.8, 4) is 17.1 Å². The van der Waals surface area contributed by atoms with Crippen molar-refractivity contribution in [1.29, 1.82) is 0 Å².